The summed E-state index contributed by atoms with van der Waals surface area (Å²) in [5.41, 5.74) is 0.853. The molecule has 1 N–H and O–H groups in total. The van der Waals surface area contributed by atoms with Crippen molar-refractivity contribution in [2.75, 3.05) is 11.9 Å². The minimum Gasteiger partial charge on any atom is -0.457 e. The van der Waals surface area contributed by atoms with Crippen LogP contribution in [0.15, 0.2) is 29.1 Å². The van der Waals surface area contributed by atoms with Crippen molar-refractivity contribution in [3.63, 3.8) is 0 Å². The van der Waals surface area contributed by atoms with E-state index in [0.29, 0.717) is 46.0 Å². The summed E-state index contributed by atoms with van der Waals surface area (Å²) in [6.07, 6.45) is 0.911. The van der Waals surface area contributed by atoms with Gasteiger partial charge < -0.3 is 19.4 Å². The Morgan fingerprint density at radius 2 is 2.08 bits per heavy atom. The van der Waals surface area contributed by atoms with E-state index < -0.39 is 22.5 Å². The number of pyridine rings is 2. The number of carbonyl (C=O) groups is 2. The molecule has 0 saturated heterocycles. The van der Waals surface area contributed by atoms with Crippen molar-refractivity contribution in [2.24, 2.45) is 5.92 Å². The number of nitrogens with one attached hydrogen (secondary N) is 1. The smallest absolute Gasteiger partial charge is 0.355 e. The molecule has 1 aromatic carbocycles. The summed E-state index contributed by atoms with van der Waals surface area (Å²) in [5, 5.41) is 15.7. The van der Waals surface area contributed by atoms with Gasteiger partial charge in [-0.05, 0) is 30.9 Å². The van der Waals surface area contributed by atoms with E-state index in [4.69, 9.17) is 14.5 Å². The number of esters is 2. The van der Waals surface area contributed by atoms with Gasteiger partial charge in [-0.25, -0.2) is 9.78 Å². The number of fused-ring (bicyclic) bond motifs is 5. The van der Waals surface area contributed by atoms with Gasteiger partial charge in [0.05, 0.1) is 39.6 Å². The molecular weight excluding hydrogens is 492 g/mol. The van der Waals surface area contributed by atoms with E-state index in [0.717, 1.165) is 6.42 Å². The van der Waals surface area contributed by atoms with Gasteiger partial charge in [0.25, 0.3) is 11.2 Å². The molecule has 0 aliphatic carbocycles. The lowest BCUT2D eigenvalue weighted by Gasteiger charge is -2.35. The van der Waals surface area contributed by atoms with E-state index in [-0.39, 0.29) is 41.9 Å². The van der Waals surface area contributed by atoms with E-state index in [1.165, 1.54) is 17.6 Å². The van der Waals surface area contributed by atoms with E-state index in [9.17, 15) is 24.5 Å². The van der Waals surface area contributed by atoms with Crippen LogP contribution in [0.2, 0.25) is 0 Å². The van der Waals surface area contributed by atoms with Crippen molar-refractivity contribution in [2.45, 2.75) is 59.3 Å². The fourth-order valence-corrected chi connectivity index (χ4v) is 5.35. The van der Waals surface area contributed by atoms with Crippen LogP contribution in [-0.2, 0) is 37.8 Å². The Bertz CT molecular complexity index is 1580. The summed E-state index contributed by atoms with van der Waals surface area (Å²) in [6, 6.07) is 6.38. The van der Waals surface area contributed by atoms with Gasteiger partial charge >= 0.3 is 11.9 Å². The Labute approximate surface area is 217 Å². The second-order valence-corrected chi connectivity index (χ2v) is 10.0. The number of ether oxygens (including phenoxy) is 2. The first-order valence-corrected chi connectivity index (χ1v) is 12.6. The number of non-ortho nitro benzene ring substituents is 1. The summed E-state index contributed by atoms with van der Waals surface area (Å²) in [7, 11) is 0. The van der Waals surface area contributed by atoms with Crippen LogP contribution in [0.1, 0.15) is 57.2 Å². The Morgan fingerprint density at radius 3 is 2.74 bits per heavy atom. The molecule has 2 aromatic heterocycles. The van der Waals surface area contributed by atoms with Gasteiger partial charge in [-0.2, -0.15) is 0 Å². The third kappa shape index (κ3) is 3.80. The topological polar surface area (TPSA) is 143 Å². The Morgan fingerprint density at radius 1 is 1.32 bits per heavy atom. The second-order valence-electron chi connectivity index (χ2n) is 10.0. The highest BCUT2D eigenvalue weighted by atomic mass is 16.6. The number of rotatable bonds is 7. The summed E-state index contributed by atoms with van der Waals surface area (Å²) >= 11 is 0. The van der Waals surface area contributed by atoms with Crippen LogP contribution < -0.4 is 10.9 Å². The molecule has 0 saturated carbocycles. The zero-order valence-electron chi connectivity index (χ0n) is 21.6. The van der Waals surface area contributed by atoms with E-state index >= 15 is 0 Å². The van der Waals surface area contributed by atoms with Crippen molar-refractivity contribution < 1.29 is 24.0 Å². The van der Waals surface area contributed by atoms with Gasteiger partial charge in [0.15, 0.2) is 0 Å². The molecule has 0 fully saturated rings. The van der Waals surface area contributed by atoms with Crippen LogP contribution in [0.4, 0.5) is 11.4 Å². The van der Waals surface area contributed by atoms with Crippen molar-refractivity contribution in [3.05, 3.63) is 61.4 Å². The monoisotopic (exact) mass is 520 g/mol. The normalized spacial score (nSPS) is 17.6. The van der Waals surface area contributed by atoms with Gasteiger partial charge in [0.1, 0.15) is 12.0 Å². The molecule has 11 heteroatoms. The van der Waals surface area contributed by atoms with Crippen molar-refractivity contribution >= 4 is 34.2 Å². The molecule has 2 aliphatic heterocycles. The van der Waals surface area contributed by atoms with Gasteiger partial charge in [-0.15, -0.1) is 0 Å². The molecule has 2 aliphatic rings. The van der Waals surface area contributed by atoms with E-state index in [2.05, 4.69) is 19.2 Å². The fourth-order valence-electron chi connectivity index (χ4n) is 5.35. The Kier molecular flexibility index (Phi) is 6.16. The van der Waals surface area contributed by atoms with Crippen LogP contribution in [0.3, 0.4) is 0 Å². The Hall–Kier alpha value is -4.28. The quantitative estimate of drug-likeness (QED) is 0.217. The molecule has 11 nitrogen and oxygen atoms in total. The van der Waals surface area contributed by atoms with Crippen LogP contribution in [0, 0.1) is 16.0 Å². The molecular formula is C27H28N4O7. The van der Waals surface area contributed by atoms with Crippen LogP contribution in [0.5, 0.6) is 0 Å². The highest BCUT2D eigenvalue weighted by molar-refractivity contribution is 6.03. The number of anilines is 1. The first kappa shape index (κ1) is 25.4. The summed E-state index contributed by atoms with van der Waals surface area (Å²) in [6.45, 7) is 7.52. The van der Waals surface area contributed by atoms with Crippen LogP contribution in [-0.4, -0.2) is 33.0 Å². The number of cyclic esters (lactones) is 1. The SMILES string of the molecule is CC[C@@]1(OC(C)=O)C(=O)OCc2c1cc1n(c2=O)Cc2c-1nc1cccc([N+](=O)[O-])c1c2NCCC(C)C. The molecule has 198 valence electrons. The number of nitro groups is 1. The number of carbonyl (C=O) groups excluding carboxylic acids is 2. The fraction of sp³-hybridized carbons (Fsp3) is 0.407. The lowest BCUT2D eigenvalue weighted by molar-refractivity contribution is -0.383. The third-order valence-electron chi connectivity index (χ3n) is 7.20. The van der Waals surface area contributed by atoms with Crippen molar-refractivity contribution in [1.29, 1.82) is 0 Å². The zero-order chi connectivity index (χ0) is 27.4. The highest BCUT2D eigenvalue weighted by Crippen LogP contribution is 2.44. The van der Waals surface area contributed by atoms with Gasteiger partial charge in [-0.1, -0.05) is 26.8 Å². The van der Waals surface area contributed by atoms with Crippen LogP contribution in [0.25, 0.3) is 22.3 Å². The summed E-state index contributed by atoms with van der Waals surface area (Å²) < 4.78 is 12.3. The lowest BCUT2D eigenvalue weighted by Crippen LogP contribution is -2.47. The first-order chi connectivity index (χ1) is 18.1. The predicted molar refractivity (Wildman–Crippen MR) is 139 cm³/mol. The number of nitro benzene ring substituents is 1. The molecule has 3 aromatic rings. The number of nitrogens with zero attached hydrogens (tertiary/aromatic N) is 3. The molecule has 5 rings (SSSR count). The van der Waals surface area contributed by atoms with Crippen molar-refractivity contribution in [1.82, 2.24) is 9.55 Å². The molecule has 4 heterocycles. The van der Waals surface area contributed by atoms with Gasteiger partial charge in [0.2, 0.25) is 5.60 Å². The summed E-state index contributed by atoms with van der Waals surface area (Å²) in [5.74, 6) is -1.000. The van der Waals surface area contributed by atoms with Crippen LogP contribution >= 0.6 is 0 Å². The molecule has 38 heavy (non-hydrogen) atoms. The molecule has 1 atom stereocenters. The average molecular weight is 521 g/mol. The maximum absolute atomic E-state index is 13.7. The summed E-state index contributed by atoms with van der Waals surface area (Å²) in [4.78, 5) is 54.9. The molecule has 0 unspecified atom stereocenters. The lowest BCUT2D eigenvalue weighted by atomic mass is 9.85. The number of aromatic nitrogens is 2. The minimum absolute atomic E-state index is 0.0769. The number of hydrogen-bond acceptors (Lipinski definition) is 9. The van der Waals surface area contributed by atoms with Crippen molar-refractivity contribution in [3.8, 4) is 11.4 Å². The molecule has 0 radical (unpaired) electrons. The van der Waals surface area contributed by atoms with Gasteiger partial charge in [0, 0.05) is 30.7 Å². The Balaban J connectivity index is 1.78. The molecule has 0 amide bonds. The maximum atomic E-state index is 13.7. The second kappa shape index (κ2) is 9.23. The predicted octanol–water partition coefficient (Wildman–Crippen LogP) is 4.02. The highest BCUT2D eigenvalue weighted by Gasteiger charge is 2.50. The standard InChI is InChI=1S/C27H28N4O7/c1-5-27(38-15(4)32)18-11-21-23-16(12-30(21)25(33)17(18)13-37-26(27)34)24(28-10-9-14(2)3)22-19(29-23)7-6-8-20(22)31(35)36/h6-8,11,14H,5,9-10,12-13H2,1-4H3,(H,28,29)/t27-/m0/s1. The first-order valence-electron chi connectivity index (χ1n) is 12.6. The largest absolute Gasteiger partial charge is 0.457 e. The molecule has 0 bridgehead atoms. The number of benzene rings is 1. The minimum atomic E-state index is -1.75. The van der Waals surface area contributed by atoms with E-state index in [1.54, 1.807) is 25.1 Å². The molecule has 0 spiro atoms. The average Bonchev–Trinajstić information content (AvgIpc) is 3.23. The third-order valence-corrected chi connectivity index (χ3v) is 7.20. The number of hydrogen-bond donors (Lipinski definition) is 1. The van der Waals surface area contributed by atoms with E-state index in [1.807, 2.05) is 0 Å². The van der Waals surface area contributed by atoms with Gasteiger partial charge in [-0.3, -0.25) is 19.7 Å². The zero-order valence-corrected chi connectivity index (χ0v) is 21.6. The maximum Gasteiger partial charge on any atom is 0.355 e.